The number of hydrogen-bond acceptors (Lipinski definition) is 5. The molecule has 0 bridgehead atoms. The molecule has 0 aliphatic carbocycles. The van der Waals surface area contributed by atoms with Crippen molar-refractivity contribution in [3.63, 3.8) is 0 Å². The highest BCUT2D eigenvalue weighted by atomic mass is 19.1. The number of piperidine rings is 1. The molecule has 4 heterocycles. The average molecular weight is 365 g/mol. The van der Waals surface area contributed by atoms with E-state index in [2.05, 4.69) is 32.2 Å². The SMILES string of the molecule is CN1CCC(C(=O)Nc2cc3cc(-c4cncc(F)c4)cnc3cn2)CC1. The molecule has 7 heteroatoms. The highest BCUT2D eigenvalue weighted by molar-refractivity contribution is 5.94. The maximum absolute atomic E-state index is 13.4. The van der Waals surface area contributed by atoms with Crippen molar-refractivity contribution in [3.8, 4) is 11.1 Å². The van der Waals surface area contributed by atoms with Gasteiger partial charge in [0.1, 0.15) is 11.6 Å². The van der Waals surface area contributed by atoms with E-state index >= 15 is 0 Å². The Morgan fingerprint density at radius 3 is 2.63 bits per heavy atom. The summed E-state index contributed by atoms with van der Waals surface area (Å²) in [6.45, 7) is 1.86. The molecule has 1 N–H and O–H groups in total. The molecule has 1 amide bonds. The molecule has 27 heavy (non-hydrogen) atoms. The van der Waals surface area contributed by atoms with Crippen LogP contribution in [0.1, 0.15) is 12.8 Å². The normalized spacial score (nSPS) is 15.8. The summed E-state index contributed by atoms with van der Waals surface area (Å²) in [6.07, 6.45) is 7.77. The number of amides is 1. The quantitative estimate of drug-likeness (QED) is 0.772. The number of anilines is 1. The van der Waals surface area contributed by atoms with Gasteiger partial charge in [-0.2, -0.15) is 0 Å². The third-order valence-corrected chi connectivity index (χ3v) is 4.95. The second-order valence-electron chi connectivity index (χ2n) is 6.94. The minimum absolute atomic E-state index is 0.00777. The van der Waals surface area contributed by atoms with Gasteiger partial charge in [0.05, 0.1) is 17.9 Å². The molecular weight excluding hydrogens is 345 g/mol. The van der Waals surface area contributed by atoms with Crippen molar-refractivity contribution in [2.75, 3.05) is 25.5 Å². The van der Waals surface area contributed by atoms with Gasteiger partial charge in [-0.1, -0.05) is 0 Å². The summed E-state index contributed by atoms with van der Waals surface area (Å²) in [5.41, 5.74) is 2.12. The molecule has 0 atom stereocenters. The fraction of sp³-hybridized carbons (Fsp3) is 0.300. The van der Waals surface area contributed by atoms with Crippen LogP contribution in [0, 0.1) is 11.7 Å². The third-order valence-electron chi connectivity index (χ3n) is 4.95. The number of hydrogen-bond donors (Lipinski definition) is 1. The van der Waals surface area contributed by atoms with Crippen molar-refractivity contribution in [2.45, 2.75) is 12.8 Å². The summed E-state index contributed by atoms with van der Waals surface area (Å²) < 4.78 is 13.4. The molecule has 4 rings (SSSR count). The number of rotatable bonds is 3. The van der Waals surface area contributed by atoms with Crippen LogP contribution in [-0.2, 0) is 4.79 Å². The Hall–Kier alpha value is -2.93. The Morgan fingerprint density at radius 1 is 1.07 bits per heavy atom. The van der Waals surface area contributed by atoms with Crippen LogP contribution in [-0.4, -0.2) is 45.9 Å². The lowest BCUT2D eigenvalue weighted by molar-refractivity contribution is -0.121. The largest absolute Gasteiger partial charge is 0.310 e. The van der Waals surface area contributed by atoms with E-state index in [-0.39, 0.29) is 11.8 Å². The molecule has 0 saturated carbocycles. The minimum Gasteiger partial charge on any atom is -0.310 e. The van der Waals surface area contributed by atoms with E-state index in [9.17, 15) is 9.18 Å². The maximum Gasteiger partial charge on any atom is 0.228 e. The van der Waals surface area contributed by atoms with Crippen molar-refractivity contribution >= 4 is 22.6 Å². The summed E-state index contributed by atoms with van der Waals surface area (Å²) >= 11 is 0. The van der Waals surface area contributed by atoms with E-state index in [1.165, 1.54) is 12.3 Å². The zero-order chi connectivity index (χ0) is 18.8. The van der Waals surface area contributed by atoms with E-state index < -0.39 is 5.82 Å². The van der Waals surface area contributed by atoms with Gasteiger partial charge in [0.2, 0.25) is 5.91 Å². The van der Waals surface area contributed by atoms with Gasteiger partial charge in [-0.05, 0) is 51.2 Å². The first-order chi connectivity index (χ1) is 13.1. The molecule has 1 aliphatic rings. The zero-order valence-electron chi connectivity index (χ0n) is 15.0. The van der Waals surface area contributed by atoms with Gasteiger partial charge in [-0.25, -0.2) is 9.37 Å². The second kappa shape index (κ2) is 7.36. The van der Waals surface area contributed by atoms with E-state index in [0.717, 1.165) is 36.9 Å². The van der Waals surface area contributed by atoms with Gasteiger partial charge in [-0.3, -0.25) is 14.8 Å². The highest BCUT2D eigenvalue weighted by Gasteiger charge is 2.23. The van der Waals surface area contributed by atoms with Crippen LogP contribution in [0.15, 0.2) is 43.0 Å². The van der Waals surface area contributed by atoms with E-state index in [1.54, 1.807) is 24.7 Å². The molecule has 0 spiro atoms. The standard InChI is InChI=1S/C20H20FN5O/c1-26-4-2-13(3-5-26)20(27)25-19-8-14-6-15(10-23-18(14)12-24-19)16-7-17(21)11-22-9-16/h6-13H,2-5H2,1H3,(H,24,25,27). The number of halogens is 1. The predicted octanol–water partition coefficient (Wildman–Crippen LogP) is 3.11. The summed E-state index contributed by atoms with van der Waals surface area (Å²) in [5.74, 6) is 0.131. The Kier molecular flexibility index (Phi) is 4.77. The molecule has 3 aromatic heterocycles. The van der Waals surface area contributed by atoms with Crippen LogP contribution < -0.4 is 5.32 Å². The lowest BCUT2D eigenvalue weighted by Gasteiger charge is -2.27. The van der Waals surface area contributed by atoms with Gasteiger partial charge in [0, 0.05) is 34.8 Å². The molecule has 138 valence electrons. The Bertz CT molecular complexity index is 985. The summed E-state index contributed by atoms with van der Waals surface area (Å²) in [7, 11) is 2.07. The maximum atomic E-state index is 13.4. The van der Waals surface area contributed by atoms with Crippen LogP contribution in [0.3, 0.4) is 0 Å². The molecule has 3 aromatic rings. The number of nitrogens with one attached hydrogen (secondary N) is 1. The van der Waals surface area contributed by atoms with Crippen LogP contribution in [0.2, 0.25) is 0 Å². The zero-order valence-corrected chi connectivity index (χ0v) is 15.0. The van der Waals surface area contributed by atoms with E-state index in [1.807, 2.05) is 6.07 Å². The first kappa shape index (κ1) is 17.5. The molecule has 0 unspecified atom stereocenters. The fourth-order valence-corrected chi connectivity index (χ4v) is 3.33. The number of likely N-dealkylation sites (tertiary alicyclic amines) is 1. The minimum atomic E-state index is -0.395. The highest BCUT2D eigenvalue weighted by Crippen LogP contribution is 2.24. The Morgan fingerprint density at radius 2 is 1.85 bits per heavy atom. The van der Waals surface area contributed by atoms with Crippen molar-refractivity contribution in [1.29, 1.82) is 0 Å². The molecule has 1 aliphatic heterocycles. The summed E-state index contributed by atoms with van der Waals surface area (Å²) in [5, 5.41) is 3.74. The summed E-state index contributed by atoms with van der Waals surface area (Å²) in [6, 6.07) is 5.11. The van der Waals surface area contributed by atoms with Crippen LogP contribution >= 0.6 is 0 Å². The van der Waals surface area contributed by atoms with E-state index in [0.29, 0.717) is 16.9 Å². The smallest absolute Gasteiger partial charge is 0.228 e. The van der Waals surface area contributed by atoms with Crippen molar-refractivity contribution < 1.29 is 9.18 Å². The summed E-state index contributed by atoms with van der Waals surface area (Å²) in [4.78, 5) is 27.3. The Labute approximate surface area is 156 Å². The monoisotopic (exact) mass is 365 g/mol. The number of nitrogens with zero attached hydrogens (tertiary/aromatic N) is 4. The first-order valence-electron chi connectivity index (χ1n) is 8.94. The lowest BCUT2D eigenvalue weighted by Crippen LogP contribution is -2.36. The van der Waals surface area contributed by atoms with Crippen molar-refractivity contribution in [3.05, 3.63) is 48.8 Å². The van der Waals surface area contributed by atoms with Gasteiger partial charge < -0.3 is 10.2 Å². The molecule has 0 aromatic carbocycles. The number of carbonyl (C=O) groups excluding carboxylic acids is 1. The van der Waals surface area contributed by atoms with Gasteiger partial charge in [0.15, 0.2) is 0 Å². The molecule has 0 radical (unpaired) electrons. The predicted molar refractivity (Wildman–Crippen MR) is 102 cm³/mol. The van der Waals surface area contributed by atoms with Crippen LogP contribution in [0.25, 0.3) is 22.0 Å². The lowest BCUT2D eigenvalue weighted by atomic mass is 9.96. The van der Waals surface area contributed by atoms with Crippen LogP contribution in [0.4, 0.5) is 10.2 Å². The van der Waals surface area contributed by atoms with Crippen molar-refractivity contribution in [1.82, 2.24) is 19.9 Å². The Balaban J connectivity index is 1.56. The number of carbonyl (C=O) groups is 1. The number of aromatic nitrogens is 3. The number of fused-ring (bicyclic) bond motifs is 1. The third kappa shape index (κ3) is 3.93. The fourth-order valence-electron chi connectivity index (χ4n) is 3.33. The van der Waals surface area contributed by atoms with Crippen LogP contribution in [0.5, 0.6) is 0 Å². The topological polar surface area (TPSA) is 71.0 Å². The van der Waals surface area contributed by atoms with Gasteiger partial charge >= 0.3 is 0 Å². The first-order valence-corrected chi connectivity index (χ1v) is 8.94. The number of pyridine rings is 3. The van der Waals surface area contributed by atoms with Gasteiger partial charge in [0.25, 0.3) is 0 Å². The molecule has 6 nitrogen and oxygen atoms in total. The van der Waals surface area contributed by atoms with Gasteiger partial charge in [-0.15, -0.1) is 0 Å². The van der Waals surface area contributed by atoms with Crippen molar-refractivity contribution in [2.24, 2.45) is 5.92 Å². The van der Waals surface area contributed by atoms with E-state index in [4.69, 9.17) is 0 Å². The second-order valence-corrected chi connectivity index (χ2v) is 6.94. The molecule has 1 fully saturated rings. The molecule has 1 saturated heterocycles. The average Bonchev–Trinajstić information content (AvgIpc) is 2.68. The molecular formula is C20H20FN5O.